The third-order valence-corrected chi connectivity index (χ3v) is 2.27. The molecule has 0 aliphatic heterocycles. The maximum atomic E-state index is 8.39. The van der Waals surface area contributed by atoms with E-state index in [0.29, 0.717) is 6.42 Å². The lowest BCUT2D eigenvalue weighted by Gasteiger charge is -2.11. The van der Waals surface area contributed by atoms with Crippen LogP contribution in [0, 0.1) is 11.3 Å². The van der Waals surface area contributed by atoms with Crippen LogP contribution in [0.25, 0.3) is 0 Å². The van der Waals surface area contributed by atoms with E-state index in [1.54, 1.807) is 0 Å². The standard InChI is InChI=1S/C11H17N3/c1-10(13)11-6-5-9-14(11)8-4-2-3-7-12/h5-6,9-10H,2-4,8,13H2,1H3. The SMILES string of the molecule is CC(N)c1cccn1CCCCC#N. The van der Waals surface area contributed by atoms with Crippen LogP contribution in [0.15, 0.2) is 18.3 Å². The zero-order valence-corrected chi connectivity index (χ0v) is 8.61. The van der Waals surface area contributed by atoms with Crippen LogP contribution in [0.4, 0.5) is 0 Å². The van der Waals surface area contributed by atoms with Gasteiger partial charge < -0.3 is 10.3 Å². The average molecular weight is 191 g/mol. The molecule has 1 aromatic heterocycles. The van der Waals surface area contributed by atoms with Gasteiger partial charge in [0.25, 0.3) is 0 Å². The van der Waals surface area contributed by atoms with E-state index < -0.39 is 0 Å². The van der Waals surface area contributed by atoms with Gasteiger partial charge in [-0.25, -0.2) is 0 Å². The van der Waals surface area contributed by atoms with Gasteiger partial charge >= 0.3 is 0 Å². The quantitative estimate of drug-likeness (QED) is 0.725. The second-order valence-corrected chi connectivity index (χ2v) is 3.53. The first kappa shape index (κ1) is 10.8. The Labute approximate surface area is 85.1 Å². The van der Waals surface area contributed by atoms with E-state index in [4.69, 9.17) is 11.0 Å². The van der Waals surface area contributed by atoms with Crippen LogP contribution in [0.1, 0.15) is 37.9 Å². The van der Waals surface area contributed by atoms with E-state index in [1.807, 2.05) is 19.2 Å². The van der Waals surface area contributed by atoms with Crippen LogP contribution >= 0.6 is 0 Å². The van der Waals surface area contributed by atoms with Crippen molar-refractivity contribution in [1.29, 1.82) is 5.26 Å². The third kappa shape index (κ3) is 2.90. The van der Waals surface area contributed by atoms with Crippen molar-refractivity contribution in [3.05, 3.63) is 24.0 Å². The minimum Gasteiger partial charge on any atom is -0.350 e. The van der Waals surface area contributed by atoms with Gasteiger partial charge in [0, 0.05) is 30.9 Å². The molecule has 3 heteroatoms. The molecule has 1 heterocycles. The lowest BCUT2D eigenvalue weighted by atomic mass is 10.2. The number of hydrogen-bond acceptors (Lipinski definition) is 2. The van der Waals surface area contributed by atoms with Crippen molar-refractivity contribution in [2.75, 3.05) is 0 Å². The zero-order valence-electron chi connectivity index (χ0n) is 8.61. The number of aromatic nitrogens is 1. The summed E-state index contributed by atoms with van der Waals surface area (Å²) in [5.74, 6) is 0. The van der Waals surface area contributed by atoms with Crippen molar-refractivity contribution >= 4 is 0 Å². The molecular weight excluding hydrogens is 174 g/mol. The van der Waals surface area contributed by atoms with Crippen molar-refractivity contribution in [3.8, 4) is 6.07 Å². The van der Waals surface area contributed by atoms with Crippen molar-refractivity contribution < 1.29 is 0 Å². The topological polar surface area (TPSA) is 54.7 Å². The molecule has 1 unspecified atom stereocenters. The van der Waals surface area contributed by atoms with Crippen molar-refractivity contribution in [2.45, 2.75) is 38.8 Å². The minimum atomic E-state index is 0.0842. The summed E-state index contributed by atoms with van der Waals surface area (Å²) < 4.78 is 2.17. The lowest BCUT2D eigenvalue weighted by Crippen LogP contribution is -2.11. The van der Waals surface area contributed by atoms with Gasteiger partial charge in [-0.3, -0.25) is 0 Å². The molecule has 0 aliphatic carbocycles. The summed E-state index contributed by atoms with van der Waals surface area (Å²) in [6, 6.07) is 6.30. The van der Waals surface area contributed by atoms with Gasteiger partial charge in [0.1, 0.15) is 0 Å². The molecule has 2 N–H and O–H groups in total. The molecule has 0 spiro atoms. The summed E-state index contributed by atoms with van der Waals surface area (Å²) >= 11 is 0. The fourth-order valence-corrected chi connectivity index (χ4v) is 1.53. The van der Waals surface area contributed by atoms with Crippen molar-refractivity contribution in [2.24, 2.45) is 5.73 Å². The minimum absolute atomic E-state index is 0.0842. The first-order chi connectivity index (χ1) is 6.75. The van der Waals surface area contributed by atoms with Crippen LogP contribution in [-0.4, -0.2) is 4.57 Å². The van der Waals surface area contributed by atoms with E-state index in [0.717, 1.165) is 19.4 Å². The van der Waals surface area contributed by atoms with E-state index >= 15 is 0 Å². The van der Waals surface area contributed by atoms with Crippen molar-refractivity contribution in [3.63, 3.8) is 0 Å². The second kappa shape index (κ2) is 5.46. The van der Waals surface area contributed by atoms with E-state index in [-0.39, 0.29) is 6.04 Å². The van der Waals surface area contributed by atoms with Gasteiger partial charge in [0.05, 0.1) is 6.07 Å². The molecule has 0 aliphatic rings. The van der Waals surface area contributed by atoms with Crippen LogP contribution in [0.2, 0.25) is 0 Å². The number of nitrogens with zero attached hydrogens (tertiary/aromatic N) is 2. The Balaban J connectivity index is 2.43. The monoisotopic (exact) mass is 191 g/mol. The summed E-state index contributed by atoms with van der Waals surface area (Å²) in [7, 11) is 0. The number of unbranched alkanes of at least 4 members (excludes halogenated alkanes) is 2. The zero-order chi connectivity index (χ0) is 10.4. The highest BCUT2D eigenvalue weighted by molar-refractivity contribution is 5.10. The van der Waals surface area contributed by atoms with Crippen LogP contribution in [0.3, 0.4) is 0 Å². The summed E-state index contributed by atoms with van der Waals surface area (Å²) in [4.78, 5) is 0. The van der Waals surface area contributed by atoms with Crippen LogP contribution in [0.5, 0.6) is 0 Å². The number of hydrogen-bond donors (Lipinski definition) is 1. The molecule has 0 saturated heterocycles. The maximum Gasteiger partial charge on any atom is 0.0621 e. The smallest absolute Gasteiger partial charge is 0.0621 e. The Hall–Kier alpha value is -1.27. The van der Waals surface area contributed by atoms with E-state index in [1.165, 1.54) is 5.69 Å². The Kier molecular flexibility index (Phi) is 4.21. The number of nitriles is 1. The molecule has 14 heavy (non-hydrogen) atoms. The van der Waals surface area contributed by atoms with Gasteiger partial charge in [-0.15, -0.1) is 0 Å². The first-order valence-electron chi connectivity index (χ1n) is 5.03. The van der Waals surface area contributed by atoms with Crippen LogP contribution in [-0.2, 0) is 6.54 Å². The summed E-state index contributed by atoms with van der Waals surface area (Å²) in [5.41, 5.74) is 6.98. The highest BCUT2D eigenvalue weighted by Crippen LogP contribution is 2.11. The first-order valence-corrected chi connectivity index (χ1v) is 5.03. The van der Waals surface area contributed by atoms with E-state index in [2.05, 4.69) is 16.7 Å². The Morgan fingerprint density at radius 1 is 1.57 bits per heavy atom. The van der Waals surface area contributed by atoms with Gasteiger partial charge in [-0.1, -0.05) is 0 Å². The molecule has 76 valence electrons. The highest BCUT2D eigenvalue weighted by atomic mass is 15.0. The molecule has 0 fully saturated rings. The molecule has 0 saturated carbocycles. The Morgan fingerprint density at radius 3 is 3.00 bits per heavy atom. The van der Waals surface area contributed by atoms with Crippen LogP contribution < -0.4 is 5.73 Å². The Morgan fingerprint density at radius 2 is 2.36 bits per heavy atom. The molecule has 1 rings (SSSR count). The van der Waals surface area contributed by atoms with Gasteiger partial charge in [-0.2, -0.15) is 5.26 Å². The maximum absolute atomic E-state index is 8.39. The molecule has 1 atom stereocenters. The molecule has 3 nitrogen and oxygen atoms in total. The molecular formula is C11H17N3. The normalized spacial score (nSPS) is 12.4. The molecule has 0 amide bonds. The summed E-state index contributed by atoms with van der Waals surface area (Å²) in [6.45, 7) is 2.95. The molecule has 0 radical (unpaired) electrons. The van der Waals surface area contributed by atoms with Gasteiger partial charge in [0.15, 0.2) is 0 Å². The summed E-state index contributed by atoms with van der Waals surface area (Å²) in [6.07, 6.45) is 4.70. The third-order valence-electron chi connectivity index (χ3n) is 2.27. The predicted molar refractivity (Wildman–Crippen MR) is 56.5 cm³/mol. The Bertz CT molecular complexity index is 307. The van der Waals surface area contributed by atoms with E-state index in [9.17, 15) is 0 Å². The molecule has 1 aromatic rings. The average Bonchev–Trinajstić information content (AvgIpc) is 2.60. The number of rotatable bonds is 5. The second-order valence-electron chi connectivity index (χ2n) is 3.53. The summed E-state index contributed by atoms with van der Waals surface area (Å²) in [5, 5.41) is 8.39. The largest absolute Gasteiger partial charge is 0.350 e. The van der Waals surface area contributed by atoms with Crippen molar-refractivity contribution in [1.82, 2.24) is 4.57 Å². The number of nitrogens with two attached hydrogens (primary N) is 1. The molecule has 0 bridgehead atoms. The van der Waals surface area contributed by atoms with Gasteiger partial charge in [-0.05, 0) is 31.9 Å². The van der Waals surface area contributed by atoms with Gasteiger partial charge in [0.2, 0.25) is 0 Å². The fourth-order valence-electron chi connectivity index (χ4n) is 1.53. The molecule has 0 aromatic carbocycles. The highest BCUT2D eigenvalue weighted by Gasteiger charge is 2.04. The fraction of sp³-hybridized carbons (Fsp3) is 0.545. The lowest BCUT2D eigenvalue weighted by molar-refractivity contribution is 0.578. The predicted octanol–water partition coefficient (Wildman–Crippen LogP) is 2.20. The number of aryl methyl sites for hydroxylation is 1.